The molecule has 0 bridgehead atoms. The number of nitrogens with one attached hydrogen (secondary N) is 2. The van der Waals surface area contributed by atoms with Crippen molar-refractivity contribution < 1.29 is 22.4 Å². The van der Waals surface area contributed by atoms with Gasteiger partial charge in [0.25, 0.3) is 11.5 Å². The minimum Gasteiger partial charge on any atom is -0.370 e. The minimum atomic E-state index is -4.61. The number of pyridine rings is 2. The van der Waals surface area contributed by atoms with Crippen LogP contribution in [-0.2, 0) is 6.18 Å². The average Bonchev–Trinajstić information content (AvgIpc) is 3.38. The van der Waals surface area contributed by atoms with Crippen molar-refractivity contribution in [2.24, 2.45) is 0 Å². The molecule has 1 atom stereocenters. The summed E-state index contributed by atoms with van der Waals surface area (Å²) in [7, 11) is 1.34. The van der Waals surface area contributed by atoms with Gasteiger partial charge in [-0.2, -0.15) is 13.2 Å². The van der Waals surface area contributed by atoms with Crippen molar-refractivity contribution in [2.45, 2.75) is 37.4 Å². The first-order chi connectivity index (χ1) is 17.7. The Morgan fingerprint density at radius 2 is 1.89 bits per heavy atom. The van der Waals surface area contributed by atoms with E-state index in [2.05, 4.69) is 20.2 Å². The van der Waals surface area contributed by atoms with Gasteiger partial charge in [0.05, 0.1) is 22.8 Å². The zero-order valence-corrected chi connectivity index (χ0v) is 20.2. The number of amides is 1. The summed E-state index contributed by atoms with van der Waals surface area (Å²) in [5.74, 6) is -1.12. The van der Waals surface area contributed by atoms with Gasteiger partial charge in [-0.3, -0.25) is 14.5 Å². The molecule has 2 aliphatic rings. The van der Waals surface area contributed by atoms with Gasteiger partial charge in [0, 0.05) is 44.3 Å². The van der Waals surface area contributed by atoms with E-state index in [-0.39, 0.29) is 28.7 Å². The minimum absolute atomic E-state index is 0.0149. The lowest BCUT2D eigenvalue weighted by Crippen LogP contribution is -2.44. The van der Waals surface area contributed by atoms with E-state index in [9.17, 15) is 27.2 Å². The SMILES string of the molecule is CNC(=O)c1cc(C(F)(F)F)c(N2CCC(N3CCC(c4cc5cccc(F)c5c(=O)[nH]4)C3)CC2)cn1. The van der Waals surface area contributed by atoms with Gasteiger partial charge in [-0.1, -0.05) is 12.1 Å². The van der Waals surface area contributed by atoms with Crippen molar-refractivity contribution in [3.63, 3.8) is 0 Å². The van der Waals surface area contributed by atoms with Crippen LogP contribution in [0.25, 0.3) is 10.8 Å². The van der Waals surface area contributed by atoms with Crippen LogP contribution in [0.1, 0.15) is 46.9 Å². The highest BCUT2D eigenvalue weighted by Crippen LogP contribution is 2.38. The number of H-pyrrole nitrogens is 1. The third-order valence-corrected chi connectivity index (χ3v) is 7.47. The van der Waals surface area contributed by atoms with Crippen molar-refractivity contribution in [1.82, 2.24) is 20.2 Å². The normalized spacial score (nSPS) is 19.5. The first-order valence-corrected chi connectivity index (χ1v) is 12.3. The van der Waals surface area contributed by atoms with Crippen LogP contribution < -0.4 is 15.8 Å². The Morgan fingerprint density at radius 3 is 2.59 bits per heavy atom. The zero-order chi connectivity index (χ0) is 26.3. The number of benzene rings is 1. The third kappa shape index (κ3) is 4.92. The van der Waals surface area contributed by atoms with E-state index >= 15 is 0 Å². The average molecular weight is 518 g/mol. The fourth-order valence-electron chi connectivity index (χ4n) is 5.54. The summed E-state index contributed by atoms with van der Waals surface area (Å²) >= 11 is 0. The van der Waals surface area contributed by atoms with E-state index < -0.39 is 29.0 Å². The molecule has 1 aromatic carbocycles. The molecule has 11 heteroatoms. The van der Waals surface area contributed by atoms with Gasteiger partial charge in [0.2, 0.25) is 0 Å². The van der Waals surface area contributed by atoms with E-state index in [1.807, 2.05) is 6.07 Å². The van der Waals surface area contributed by atoms with E-state index in [0.29, 0.717) is 31.3 Å². The summed E-state index contributed by atoms with van der Waals surface area (Å²) in [5, 5.41) is 2.93. The van der Waals surface area contributed by atoms with Gasteiger partial charge in [-0.05, 0) is 49.4 Å². The molecule has 196 valence electrons. The fraction of sp³-hybridized carbons (Fsp3) is 0.423. The maximum atomic E-state index is 14.1. The van der Waals surface area contributed by atoms with Gasteiger partial charge in [-0.25, -0.2) is 9.37 Å². The number of halogens is 4. The topological polar surface area (TPSA) is 81.3 Å². The Bertz CT molecular complexity index is 1380. The number of aromatic amines is 1. The predicted molar refractivity (Wildman–Crippen MR) is 131 cm³/mol. The molecule has 0 saturated carbocycles. The molecule has 0 aliphatic carbocycles. The van der Waals surface area contributed by atoms with Gasteiger partial charge in [-0.15, -0.1) is 0 Å². The zero-order valence-electron chi connectivity index (χ0n) is 20.2. The molecule has 1 amide bonds. The fourth-order valence-corrected chi connectivity index (χ4v) is 5.54. The second kappa shape index (κ2) is 9.77. The van der Waals surface area contributed by atoms with Crippen LogP contribution in [0.4, 0.5) is 23.2 Å². The molecule has 0 radical (unpaired) electrons. The number of likely N-dealkylation sites (tertiary alicyclic amines) is 1. The standard InChI is InChI=1S/C26H27F4N5O2/c1-31-24(36)21-12-18(26(28,29)30)22(13-32-21)34-9-6-17(7-10-34)35-8-5-16(14-35)20-11-15-3-2-4-19(27)23(15)25(37)33-20/h2-4,11-13,16-17H,5-10,14H2,1H3,(H,31,36)(H,33,37). The number of fused-ring (bicyclic) bond motifs is 1. The van der Waals surface area contributed by atoms with E-state index in [0.717, 1.165) is 37.5 Å². The van der Waals surface area contributed by atoms with E-state index in [1.165, 1.54) is 13.1 Å². The van der Waals surface area contributed by atoms with Crippen LogP contribution in [0.5, 0.6) is 0 Å². The van der Waals surface area contributed by atoms with Crippen LogP contribution >= 0.6 is 0 Å². The molecule has 2 N–H and O–H groups in total. The maximum absolute atomic E-state index is 14.1. The summed E-state index contributed by atoms with van der Waals surface area (Å²) in [6.45, 7) is 2.40. The summed E-state index contributed by atoms with van der Waals surface area (Å²) in [6, 6.07) is 7.43. The number of piperidine rings is 1. The number of hydrogen-bond donors (Lipinski definition) is 2. The Morgan fingerprint density at radius 1 is 1.14 bits per heavy atom. The number of anilines is 1. The first kappa shape index (κ1) is 25.2. The van der Waals surface area contributed by atoms with Crippen LogP contribution in [0, 0.1) is 5.82 Å². The highest BCUT2D eigenvalue weighted by molar-refractivity contribution is 5.92. The lowest BCUT2D eigenvalue weighted by molar-refractivity contribution is -0.137. The third-order valence-electron chi connectivity index (χ3n) is 7.47. The van der Waals surface area contributed by atoms with Crippen LogP contribution in [0.3, 0.4) is 0 Å². The largest absolute Gasteiger partial charge is 0.418 e. The highest BCUT2D eigenvalue weighted by atomic mass is 19.4. The maximum Gasteiger partial charge on any atom is 0.418 e. The first-order valence-electron chi connectivity index (χ1n) is 12.3. The van der Waals surface area contributed by atoms with Crippen molar-refractivity contribution >= 4 is 22.4 Å². The predicted octanol–water partition coefficient (Wildman–Crippen LogP) is 3.90. The number of hydrogen-bond acceptors (Lipinski definition) is 5. The summed E-state index contributed by atoms with van der Waals surface area (Å²) in [4.78, 5) is 35.1. The van der Waals surface area contributed by atoms with Crippen molar-refractivity contribution in [2.75, 3.05) is 38.1 Å². The summed E-state index contributed by atoms with van der Waals surface area (Å²) < 4.78 is 55.4. The molecule has 37 heavy (non-hydrogen) atoms. The number of carbonyl (C=O) groups excluding carboxylic acids is 1. The van der Waals surface area contributed by atoms with Gasteiger partial charge in [0.15, 0.2) is 0 Å². The van der Waals surface area contributed by atoms with Crippen LogP contribution in [-0.4, -0.2) is 60.0 Å². The molecule has 2 saturated heterocycles. The quantitative estimate of drug-likeness (QED) is 0.514. The highest BCUT2D eigenvalue weighted by Gasteiger charge is 2.38. The molecule has 2 fully saturated rings. The number of carbonyl (C=O) groups is 1. The lowest BCUT2D eigenvalue weighted by Gasteiger charge is -2.38. The molecule has 2 aliphatic heterocycles. The summed E-state index contributed by atoms with van der Waals surface area (Å²) in [6.07, 6.45) is -1.28. The Kier molecular flexibility index (Phi) is 6.65. The van der Waals surface area contributed by atoms with Crippen LogP contribution in [0.2, 0.25) is 0 Å². The molecule has 7 nitrogen and oxygen atoms in total. The molecule has 1 unspecified atom stereocenters. The smallest absolute Gasteiger partial charge is 0.370 e. The van der Waals surface area contributed by atoms with Gasteiger partial charge in [0.1, 0.15) is 11.5 Å². The molecule has 0 spiro atoms. The van der Waals surface area contributed by atoms with E-state index in [1.54, 1.807) is 17.0 Å². The molecular formula is C26H27F4N5O2. The second-order valence-corrected chi connectivity index (χ2v) is 9.62. The number of aromatic nitrogens is 2. The molecule has 5 rings (SSSR count). The van der Waals surface area contributed by atoms with Crippen LogP contribution in [0.15, 0.2) is 41.3 Å². The molecule has 4 heterocycles. The lowest BCUT2D eigenvalue weighted by atomic mass is 10.0. The van der Waals surface area contributed by atoms with Crippen molar-refractivity contribution in [3.05, 3.63) is 69.7 Å². The molecule has 3 aromatic rings. The van der Waals surface area contributed by atoms with E-state index in [4.69, 9.17) is 0 Å². The number of alkyl halides is 3. The number of nitrogens with zero attached hydrogens (tertiary/aromatic N) is 3. The van der Waals surface area contributed by atoms with Gasteiger partial charge < -0.3 is 15.2 Å². The Balaban J connectivity index is 1.27. The van der Waals surface area contributed by atoms with Gasteiger partial charge >= 0.3 is 6.18 Å². The monoisotopic (exact) mass is 517 g/mol. The van der Waals surface area contributed by atoms with Crippen molar-refractivity contribution in [3.8, 4) is 0 Å². The molecule has 2 aromatic heterocycles. The second-order valence-electron chi connectivity index (χ2n) is 9.62. The molecular weight excluding hydrogens is 490 g/mol. The Hall–Kier alpha value is -3.47. The van der Waals surface area contributed by atoms with Crippen molar-refractivity contribution in [1.29, 1.82) is 0 Å². The number of rotatable bonds is 4. The summed E-state index contributed by atoms with van der Waals surface area (Å²) in [5.41, 5.74) is -0.809. The Labute approximate surface area is 210 Å².